The van der Waals surface area contributed by atoms with E-state index in [0.717, 1.165) is 12.1 Å². The standard InChI is InChI=1S/C11H12FN3O3/c12-8-2-9(4-10(3-8)15(17)18)14-6-7(5-13)1-11(14)16/h2-4,7H,1,5-6,13H2. The van der Waals surface area contributed by atoms with Crippen LogP contribution in [0.3, 0.4) is 0 Å². The van der Waals surface area contributed by atoms with Gasteiger partial charge in [0, 0.05) is 19.0 Å². The highest BCUT2D eigenvalue weighted by Crippen LogP contribution is 2.28. The minimum Gasteiger partial charge on any atom is -0.330 e. The monoisotopic (exact) mass is 253 g/mol. The molecule has 1 fully saturated rings. The maximum absolute atomic E-state index is 13.3. The number of carbonyl (C=O) groups excluding carboxylic acids is 1. The van der Waals surface area contributed by atoms with Crippen molar-refractivity contribution in [1.82, 2.24) is 0 Å². The summed E-state index contributed by atoms with van der Waals surface area (Å²) < 4.78 is 13.3. The van der Waals surface area contributed by atoms with Gasteiger partial charge in [0.15, 0.2) is 0 Å². The number of rotatable bonds is 3. The Bertz CT molecular complexity index is 506. The van der Waals surface area contributed by atoms with Crippen molar-refractivity contribution >= 4 is 17.3 Å². The summed E-state index contributed by atoms with van der Waals surface area (Å²) >= 11 is 0. The van der Waals surface area contributed by atoms with Gasteiger partial charge in [-0.25, -0.2) is 4.39 Å². The summed E-state index contributed by atoms with van der Waals surface area (Å²) in [6.45, 7) is 0.732. The lowest BCUT2D eigenvalue weighted by atomic mass is 10.1. The molecule has 6 nitrogen and oxygen atoms in total. The van der Waals surface area contributed by atoms with Gasteiger partial charge in [-0.1, -0.05) is 0 Å². The van der Waals surface area contributed by atoms with Crippen molar-refractivity contribution in [2.45, 2.75) is 6.42 Å². The number of benzene rings is 1. The normalized spacial score (nSPS) is 19.3. The van der Waals surface area contributed by atoms with Crippen LogP contribution in [0.25, 0.3) is 0 Å². The number of hydrogen-bond acceptors (Lipinski definition) is 4. The first kappa shape index (κ1) is 12.4. The zero-order chi connectivity index (χ0) is 13.3. The van der Waals surface area contributed by atoms with Crippen LogP contribution in [-0.2, 0) is 4.79 Å². The van der Waals surface area contributed by atoms with Crippen LogP contribution >= 0.6 is 0 Å². The molecule has 1 atom stereocenters. The van der Waals surface area contributed by atoms with E-state index in [1.165, 1.54) is 11.0 Å². The Morgan fingerprint density at radius 3 is 2.78 bits per heavy atom. The van der Waals surface area contributed by atoms with Crippen LogP contribution in [0.4, 0.5) is 15.8 Å². The number of anilines is 1. The van der Waals surface area contributed by atoms with Crippen LogP contribution in [0.1, 0.15) is 6.42 Å². The Balaban J connectivity index is 2.34. The van der Waals surface area contributed by atoms with Gasteiger partial charge < -0.3 is 10.6 Å². The summed E-state index contributed by atoms with van der Waals surface area (Å²) in [6, 6.07) is 3.13. The molecule has 1 amide bonds. The highest BCUT2D eigenvalue weighted by molar-refractivity contribution is 5.96. The Hall–Kier alpha value is -2.02. The fourth-order valence-corrected chi connectivity index (χ4v) is 2.01. The SMILES string of the molecule is NCC1CC(=O)N(c2cc(F)cc([N+](=O)[O-])c2)C1. The predicted molar refractivity (Wildman–Crippen MR) is 62.6 cm³/mol. The molecule has 0 radical (unpaired) electrons. The second kappa shape index (κ2) is 4.69. The summed E-state index contributed by atoms with van der Waals surface area (Å²) in [5.41, 5.74) is 5.33. The van der Waals surface area contributed by atoms with Gasteiger partial charge in [0.1, 0.15) is 5.82 Å². The lowest BCUT2D eigenvalue weighted by Gasteiger charge is -2.16. The van der Waals surface area contributed by atoms with Gasteiger partial charge in [0.25, 0.3) is 5.69 Å². The van der Waals surface area contributed by atoms with E-state index in [9.17, 15) is 19.3 Å². The molecule has 1 aliphatic heterocycles. The molecule has 2 N–H and O–H groups in total. The number of nitro benzene ring substituents is 1. The van der Waals surface area contributed by atoms with E-state index in [1.54, 1.807) is 0 Å². The zero-order valence-electron chi connectivity index (χ0n) is 9.51. The van der Waals surface area contributed by atoms with Crippen LogP contribution in [-0.4, -0.2) is 23.9 Å². The molecule has 0 spiro atoms. The molecule has 1 heterocycles. The molecular weight excluding hydrogens is 241 g/mol. The van der Waals surface area contributed by atoms with Crippen molar-refractivity contribution in [3.05, 3.63) is 34.1 Å². The number of nitro groups is 1. The predicted octanol–water partition coefficient (Wildman–Crippen LogP) is 1.05. The van der Waals surface area contributed by atoms with Crippen molar-refractivity contribution < 1.29 is 14.1 Å². The summed E-state index contributed by atoms with van der Waals surface area (Å²) in [5, 5.41) is 10.6. The third-order valence-electron chi connectivity index (χ3n) is 2.93. The first-order valence-electron chi connectivity index (χ1n) is 5.46. The van der Waals surface area contributed by atoms with Gasteiger partial charge in [-0.15, -0.1) is 0 Å². The molecule has 0 saturated carbocycles. The molecule has 1 unspecified atom stereocenters. The smallest absolute Gasteiger partial charge is 0.274 e. The number of carbonyl (C=O) groups is 1. The summed E-state index contributed by atoms with van der Waals surface area (Å²) in [6.07, 6.45) is 0.292. The molecule has 1 aromatic carbocycles. The Kier molecular flexibility index (Phi) is 3.24. The van der Waals surface area contributed by atoms with E-state index in [-0.39, 0.29) is 23.2 Å². The molecule has 0 aliphatic carbocycles. The highest BCUT2D eigenvalue weighted by atomic mass is 19.1. The van der Waals surface area contributed by atoms with Crippen molar-refractivity contribution in [2.75, 3.05) is 18.0 Å². The van der Waals surface area contributed by atoms with Crippen molar-refractivity contribution in [3.8, 4) is 0 Å². The van der Waals surface area contributed by atoms with Crippen LogP contribution in [0.15, 0.2) is 18.2 Å². The number of halogens is 1. The topological polar surface area (TPSA) is 89.5 Å². The zero-order valence-corrected chi connectivity index (χ0v) is 9.51. The fraction of sp³-hybridized carbons (Fsp3) is 0.364. The van der Waals surface area contributed by atoms with E-state index >= 15 is 0 Å². The van der Waals surface area contributed by atoms with Gasteiger partial charge >= 0.3 is 0 Å². The number of nitrogens with zero attached hydrogens (tertiary/aromatic N) is 2. The quantitative estimate of drug-likeness (QED) is 0.644. The molecule has 7 heteroatoms. The van der Waals surface area contributed by atoms with E-state index in [0.29, 0.717) is 19.5 Å². The molecule has 0 bridgehead atoms. The molecule has 1 saturated heterocycles. The Morgan fingerprint density at radius 1 is 1.50 bits per heavy atom. The number of amides is 1. The average Bonchev–Trinajstić information content (AvgIpc) is 2.69. The molecule has 96 valence electrons. The lowest BCUT2D eigenvalue weighted by Crippen LogP contribution is -2.25. The third kappa shape index (κ3) is 2.30. The lowest BCUT2D eigenvalue weighted by molar-refractivity contribution is -0.385. The molecule has 1 aliphatic rings. The van der Waals surface area contributed by atoms with E-state index in [2.05, 4.69) is 0 Å². The Labute approximate surface area is 102 Å². The summed E-state index contributed by atoms with van der Waals surface area (Å²) in [5.74, 6) is -0.909. The third-order valence-corrected chi connectivity index (χ3v) is 2.93. The molecule has 18 heavy (non-hydrogen) atoms. The van der Waals surface area contributed by atoms with Crippen LogP contribution < -0.4 is 10.6 Å². The average molecular weight is 253 g/mol. The van der Waals surface area contributed by atoms with Crippen molar-refractivity contribution in [1.29, 1.82) is 0 Å². The number of nitrogens with two attached hydrogens (primary N) is 1. The molecule has 1 aromatic rings. The molecule has 0 aromatic heterocycles. The van der Waals surface area contributed by atoms with Gasteiger partial charge in [-0.2, -0.15) is 0 Å². The first-order valence-corrected chi connectivity index (χ1v) is 5.46. The van der Waals surface area contributed by atoms with E-state index < -0.39 is 10.7 Å². The maximum Gasteiger partial charge on any atom is 0.274 e. The fourth-order valence-electron chi connectivity index (χ4n) is 2.01. The van der Waals surface area contributed by atoms with Gasteiger partial charge in [0.2, 0.25) is 5.91 Å². The maximum atomic E-state index is 13.3. The summed E-state index contributed by atoms with van der Waals surface area (Å²) in [4.78, 5) is 23.0. The second-order valence-electron chi connectivity index (χ2n) is 4.23. The van der Waals surface area contributed by atoms with Crippen LogP contribution in [0.2, 0.25) is 0 Å². The minimum absolute atomic E-state index is 0.0137. The van der Waals surface area contributed by atoms with Gasteiger partial charge in [-0.05, 0) is 18.5 Å². The van der Waals surface area contributed by atoms with Crippen LogP contribution in [0.5, 0.6) is 0 Å². The van der Waals surface area contributed by atoms with Crippen molar-refractivity contribution in [3.63, 3.8) is 0 Å². The minimum atomic E-state index is -0.733. The Morgan fingerprint density at radius 2 is 2.22 bits per heavy atom. The second-order valence-corrected chi connectivity index (χ2v) is 4.23. The number of non-ortho nitro benzene ring substituents is 1. The van der Waals surface area contributed by atoms with Crippen molar-refractivity contribution in [2.24, 2.45) is 11.7 Å². The van der Waals surface area contributed by atoms with E-state index in [4.69, 9.17) is 5.73 Å². The number of hydrogen-bond donors (Lipinski definition) is 1. The molecular formula is C11H12FN3O3. The summed E-state index contributed by atoms with van der Waals surface area (Å²) in [7, 11) is 0. The van der Waals surface area contributed by atoms with Gasteiger partial charge in [0.05, 0.1) is 16.7 Å². The molecule has 2 rings (SSSR count). The van der Waals surface area contributed by atoms with Gasteiger partial charge in [-0.3, -0.25) is 14.9 Å². The first-order chi connectivity index (χ1) is 8.51. The van der Waals surface area contributed by atoms with E-state index in [1.807, 2.05) is 0 Å². The van der Waals surface area contributed by atoms with Crippen LogP contribution in [0, 0.1) is 21.8 Å². The largest absolute Gasteiger partial charge is 0.330 e. The highest BCUT2D eigenvalue weighted by Gasteiger charge is 2.30.